The van der Waals surface area contributed by atoms with E-state index in [1.165, 1.54) is 32.1 Å². The number of hydrogen-bond donors (Lipinski definition) is 0. The zero-order valence-corrected chi connectivity index (χ0v) is 19.6. The summed E-state index contributed by atoms with van der Waals surface area (Å²) in [7, 11) is 1.68. The fraction of sp³-hybridized carbons (Fsp3) is 0.625. The molecule has 168 valence electrons. The Morgan fingerprint density at radius 2 is 1.87 bits per heavy atom. The molecule has 0 bridgehead atoms. The number of benzene rings is 1. The van der Waals surface area contributed by atoms with Crippen molar-refractivity contribution in [2.24, 2.45) is 5.92 Å². The van der Waals surface area contributed by atoms with Crippen LogP contribution in [0.5, 0.6) is 5.75 Å². The van der Waals surface area contributed by atoms with Crippen molar-refractivity contribution in [3.8, 4) is 17.1 Å². The summed E-state index contributed by atoms with van der Waals surface area (Å²) in [5.41, 5.74) is 1.04. The molecule has 1 aromatic heterocycles. The average molecular weight is 443 g/mol. The molecule has 0 spiro atoms. The van der Waals surface area contributed by atoms with Gasteiger partial charge < -0.3 is 9.64 Å². The van der Waals surface area contributed by atoms with E-state index in [9.17, 15) is 4.79 Å². The lowest BCUT2D eigenvalue weighted by Gasteiger charge is -2.26. The summed E-state index contributed by atoms with van der Waals surface area (Å²) in [4.78, 5) is 15.0. The van der Waals surface area contributed by atoms with Gasteiger partial charge in [-0.05, 0) is 62.3 Å². The molecule has 2 saturated carbocycles. The van der Waals surface area contributed by atoms with Gasteiger partial charge >= 0.3 is 0 Å². The minimum atomic E-state index is 0.225. The van der Waals surface area contributed by atoms with Crippen molar-refractivity contribution in [3.05, 3.63) is 24.3 Å². The fourth-order valence-corrected chi connectivity index (χ4v) is 5.31. The molecule has 0 aliphatic heterocycles. The van der Waals surface area contributed by atoms with Gasteiger partial charge in [0.15, 0.2) is 11.0 Å². The molecule has 1 aromatic carbocycles. The number of nitrogens with zero attached hydrogens (tertiary/aromatic N) is 4. The molecule has 0 radical (unpaired) electrons. The van der Waals surface area contributed by atoms with Crippen molar-refractivity contribution >= 4 is 17.7 Å². The Kier molecular flexibility index (Phi) is 7.54. The first-order valence-corrected chi connectivity index (χ1v) is 12.7. The van der Waals surface area contributed by atoms with Crippen LogP contribution in [0.1, 0.15) is 64.3 Å². The summed E-state index contributed by atoms with van der Waals surface area (Å²) in [6, 6.07) is 8.41. The van der Waals surface area contributed by atoms with Crippen molar-refractivity contribution in [1.29, 1.82) is 0 Å². The minimum absolute atomic E-state index is 0.225. The van der Waals surface area contributed by atoms with Gasteiger partial charge in [-0.1, -0.05) is 37.9 Å². The van der Waals surface area contributed by atoms with E-state index in [1.54, 1.807) is 18.9 Å². The second-order valence-corrected chi connectivity index (χ2v) is 9.71. The van der Waals surface area contributed by atoms with E-state index in [0.717, 1.165) is 54.6 Å². The van der Waals surface area contributed by atoms with Gasteiger partial charge in [0.05, 0.1) is 12.9 Å². The Bertz CT molecular complexity index is 857. The van der Waals surface area contributed by atoms with Gasteiger partial charge in [-0.15, -0.1) is 10.2 Å². The van der Waals surface area contributed by atoms with Crippen LogP contribution in [0.3, 0.4) is 0 Å². The van der Waals surface area contributed by atoms with Gasteiger partial charge in [0.1, 0.15) is 5.75 Å². The Balaban J connectivity index is 1.53. The van der Waals surface area contributed by atoms with Crippen LogP contribution >= 0.6 is 11.8 Å². The number of carbonyl (C=O) groups excluding carboxylic acids is 1. The zero-order chi connectivity index (χ0) is 21.6. The van der Waals surface area contributed by atoms with E-state index in [-0.39, 0.29) is 5.91 Å². The third-order valence-electron chi connectivity index (χ3n) is 6.30. The second kappa shape index (κ2) is 10.5. The molecule has 0 atom stereocenters. The predicted octanol–water partition coefficient (Wildman–Crippen LogP) is 5.20. The maximum Gasteiger partial charge on any atom is 0.233 e. The second-order valence-electron chi connectivity index (χ2n) is 8.77. The standard InChI is InChI=1S/C24H34N4O2S/c1-3-15-27(16-18-9-10-18)22(29)17-31-24-26-25-23(19-11-13-21(30-2)14-12-19)28(24)20-7-5-4-6-8-20/h11-14,18,20H,3-10,15-17H2,1-2H3. The number of aromatic nitrogens is 3. The highest BCUT2D eigenvalue weighted by atomic mass is 32.2. The van der Waals surface area contributed by atoms with E-state index in [1.807, 2.05) is 24.3 Å². The first-order valence-electron chi connectivity index (χ1n) is 11.7. The Morgan fingerprint density at radius 1 is 1.13 bits per heavy atom. The van der Waals surface area contributed by atoms with Crippen molar-refractivity contribution in [1.82, 2.24) is 19.7 Å². The highest BCUT2D eigenvalue weighted by Gasteiger charge is 2.28. The quantitative estimate of drug-likeness (QED) is 0.473. The largest absolute Gasteiger partial charge is 0.497 e. The van der Waals surface area contributed by atoms with Crippen LogP contribution in [-0.4, -0.2) is 51.5 Å². The molecule has 0 unspecified atom stereocenters. The normalized spacial score (nSPS) is 17.0. The van der Waals surface area contributed by atoms with E-state index in [4.69, 9.17) is 4.74 Å². The Labute approximate surface area is 189 Å². The molecule has 6 nitrogen and oxygen atoms in total. The lowest BCUT2D eigenvalue weighted by molar-refractivity contribution is -0.128. The van der Waals surface area contributed by atoms with Crippen LogP contribution < -0.4 is 4.74 Å². The van der Waals surface area contributed by atoms with Gasteiger partial charge in [-0.2, -0.15) is 0 Å². The topological polar surface area (TPSA) is 60.3 Å². The average Bonchev–Trinajstić information content (AvgIpc) is 3.53. The predicted molar refractivity (Wildman–Crippen MR) is 124 cm³/mol. The third kappa shape index (κ3) is 5.62. The van der Waals surface area contributed by atoms with Gasteiger partial charge in [0, 0.05) is 24.7 Å². The minimum Gasteiger partial charge on any atom is -0.497 e. The molecule has 31 heavy (non-hydrogen) atoms. The molecule has 2 aromatic rings. The molecule has 1 amide bonds. The Hall–Kier alpha value is -2.02. The van der Waals surface area contributed by atoms with Crippen molar-refractivity contribution in [3.63, 3.8) is 0 Å². The first kappa shape index (κ1) is 22.2. The van der Waals surface area contributed by atoms with E-state index in [0.29, 0.717) is 17.7 Å². The molecule has 4 rings (SSSR count). The maximum absolute atomic E-state index is 12.9. The molecular weight excluding hydrogens is 408 g/mol. The van der Waals surface area contributed by atoms with Crippen molar-refractivity contribution in [2.75, 3.05) is 26.0 Å². The van der Waals surface area contributed by atoms with E-state index < -0.39 is 0 Å². The van der Waals surface area contributed by atoms with Crippen LogP contribution in [0.2, 0.25) is 0 Å². The fourth-order valence-electron chi connectivity index (χ4n) is 4.40. The lowest BCUT2D eigenvalue weighted by Crippen LogP contribution is -2.35. The van der Waals surface area contributed by atoms with E-state index >= 15 is 0 Å². The number of amides is 1. The first-order chi connectivity index (χ1) is 15.2. The highest BCUT2D eigenvalue weighted by molar-refractivity contribution is 7.99. The van der Waals surface area contributed by atoms with E-state index in [2.05, 4.69) is 26.6 Å². The SMILES string of the molecule is CCCN(CC1CC1)C(=O)CSc1nnc(-c2ccc(OC)cc2)n1C1CCCCC1. The van der Waals surface area contributed by atoms with Crippen LogP contribution in [0.25, 0.3) is 11.4 Å². The van der Waals surface area contributed by atoms with Crippen molar-refractivity contribution in [2.45, 2.75) is 69.5 Å². The van der Waals surface area contributed by atoms with Gasteiger partial charge in [0.25, 0.3) is 0 Å². The molecule has 0 N–H and O–H groups in total. The van der Waals surface area contributed by atoms with Crippen LogP contribution in [0.15, 0.2) is 29.4 Å². The number of methoxy groups -OCH3 is 1. The van der Waals surface area contributed by atoms with Crippen molar-refractivity contribution < 1.29 is 9.53 Å². The smallest absolute Gasteiger partial charge is 0.233 e. The molecule has 0 saturated heterocycles. The summed E-state index contributed by atoms with van der Waals surface area (Å²) >= 11 is 1.55. The highest BCUT2D eigenvalue weighted by Crippen LogP contribution is 2.36. The number of hydrogen-bond acceptors (Lipinski definition) is 5. The zero-order valence-electron chi connectivity index (χ0n) is 18.8. The van der Waals surface area contributed by atoms with Gasteiger partial charge in [-0.25, -0.2) is 0 Å². The number of ether oxygens (including phenoxy) is 1. The molecule has 2 fully saturated rings. The molecule has 1 heterocycles. The number of rotatable bonds is 10. The summed E-state index contributed by atoms with van der Waals surface area (Å²) in [6.07, 6.45) is 9.59. The van der Waals surface area contributed by atoms with Gasteiger partial charge in [0.2, 0.25) is 5.91 Å². The van der Waals surface area contributed by atoms with Crippen LogP contribution in [0, 0.1) is 5.92 Å². The summed E-state index contributed by atoms with van der Waals surface area (Å²) in [6.45, 7) is 3.91. The molecule has 2 aliphatic rings. The lowest BCUT2D eigenvalue weighted by atomic mass is 9.95. The Morgan fingerprint density at radius 3 is 2.52 bits per heavy atom. The summed E-state index contributed by atoms with van der Waals surface area (Å²) in [5.74, 6) is 3.10. The third-order valence-corrected chi connectivity index (χ3v) is 7.23. The summed E-state index contributed by atoms with van der Waals surface area (Å²) < 4.78 is 7.60. The molecule has 2 aliphatic carbocycles. The number of thioether (sulfide) groups is 1. The number of carbonyl (C=O) groups is 1. The maximum atomic E-state index is 12.9. The van der Waals surface area contributed by atoms with Gasteiger partial charge in [-0.3, -0.25) is 9.36 Å². The molecule has 7 heteroatoms. The summed E-state index contributed by atoms with van der Waals surface area (Å²) in [5, 5.41) is 9.97. The van der Waals surface area contributed by atoms with Crippen LogP contribution in [-0.2, 0) is 4.79 Å². The molecular formula is C24H34N4O2S. The monoisotopic (exact) mass is 442 g/mol. The van der Waals surface area contributed by atoms with Crippen LogP contribution in [0.4, 0.5) is 0 Å².